The zero-order valence-electron chi connectivity index (χ0n) is 24.5. The number of aromatic nitrogens is 1. The van der Waals surface area contributed by atoms with Gasteiger partial charge in [-0.05, 0) is 57.1 Å². The lowest BCUT2D eigenvalue weighted by atomic mass is 9.83. The van der Waals surface area contributed by atoms with Crippen molar-refractivity contribution in [3.05, 3.63) is 139 Å². The molecular weight excluding hydrogens is 538 g/mol. The molecule has 3 heteroatoms. The highest BCUT2D eigenvalue weighted by atomic mass is 16.4. The second-order valence-corrected chi connectivity index (χ2v) is 11.6. The summed E-state index contributed by atoms with van der Waals surface area (Å²) < 4.78 is 15.7. The third-order valence-electron chi connectivity index (χ3n) is 9.15. The van der Waals surface area contributed by atoms with Crippen LogP contribution in [0.5, 0.6) is 0 Å². The molecule has 0 radical (unpaired) electrons. The third kappa shape index (κ3) is 3.59. The molecule has 0 saturated carbocycles. The molecule has 3 aromatic heterocycles. The van der Waals surface area contributed by atoms with Crippen molar-refractivity contribution in [3.8, 4) is 67.3 Å². The molecule has 0 fully saturated rings. The fraction of sp³-hybridized carbons (Fsp3) is 0.0488. The normalized spacial score (nSPS) is 11.9. The van der Waals surface area contributed by atoms with Gasteiger partial charge < -0.3 is 8.83 Å². The highest BCUT2D eigenvalue weighted by Gasteiger charge is 2.29. The highest BCUT2D eigenvalue weighted by molar-refractivity contribution is 6.09. The lowest BCUT2D eigenvalue weighted by Gasteiger charge is -2.19. The van der Waals surface area contributed by atoms with Gasteiger partial charge in [0.2, 0.25) is 5.69 Å². The van der Waals surface area contributed by atoms with Gasteiger partial charge >= 0.3 is 0 Å². The van der Waals surface area contributed by atoms with Gasteiger partial charge in [-0.25, -0.2) is 4.57 Å². The molecule has 1 aliphatic rings. The number of hydrogen-bond acceptors (Lipinski definition) is 2. The second kappa shape index (κ2) is 9.42. The Bertz CT molecular complexity index is 2420. The third-order valence-corrected chi connectivity index (χ3v) is 9.15. The van der Waals surface area contributed by atoms with Gasteiger partial charge in [-0.15, -0.1) is 0 Å². The van der Waals surface area contributed by atoms with Crippen LogP contribution in [0.25, 0.3) is 89.2 Å². The van der Waals surface area contributed by atoms with Gasteiger partial charge in [-0.1, -0.05) is 103 Å². The Kier molecular flexibility index (Phi) is 5.33. The van der Waals surface area contributed by atoms with Crippen LogP contribution in [-0.4, -0.2) is 0 Å². The van der Waals surface area contributed by atoms with E-state index < -0.39 is 0 Å². The van der Waals surface area contributed by atoms with Gasteiger partial charge in [0.1, 0.15) is 18.6 Å². The van der Waals surface area contributed by atoms with Crippen LogP contribution in [0.2, 0.25) is 0 Å². The van der Waals surface area contributed by atoms with Crippen LogP contribution in [-0.2, 0) is 7.05 Å². The van der Waals surface area contributed by atoms with Gasteiger partial charge in [0.05, 0.1) is 5.56 Å². The molecule has 0 saturated heterocycles. The molecule has 3 heterocycles. The first-order chi connectivity index (χ1) is 21.7. The summed E-state index contributed by atoms with van der Waals surface area (Å²) in [5, 5.41) is 2.52. The van der Waals surface area contributed by atoms with Crippen molar-refractivity contribution in [2.45, 2.75) is 6.92 Å². The Labute approximate surface area is 255 Å². The Hall–Kier alpha value is -5.67. The molecule has 208 valence electrons. The lowest BCUT2D eigenvalue weighted by Crippen LogP contribution is -2.30. The van der Waals surface area contributed by atoms with Crippen molar-refractivity contribution in [2.24, 2.45) is 7.05 Å². The molecule has 8 aromatic rings. The Morgan fingerprint density at radius 2 is 1.16 bits per heavy atom. The summed E-state index contributed by atoms with van der Waals surface area (Å²) in [6, 6.07) is 45.1. The van der Waals surface area contributed by atoms with E-state index in [1.54, 1.807) is 0 Å². The molecule has 3 nitrogen and oxygen atoms in total. The van der Waals surface area contributed by atoms with E-state index in [1.165, 1.54) is 38.6 Å². The van der Waals surface area contributed by atoms with Crippen molar-refractivity contribution in [2.75, 3.05) is 0 Å². The molecule has 44 heavy (non-hydrogen) atoms. The van der Waals surface area contributed by atoms with E-state index in [4.69, 9.17) is 8.83 Å². The van der Waals surface area contributed by atoms with Gasteiger partial charge in [-0.2, -0.15) is 0 Å². The zero-order valence-corrected chi connectivity index (χ0v) is 24.5. The summed E-state index contributed by atoms with van der Waals surface area (Å²) >= 11 is 0. The van der Waals surface area contributed by atoms with Gasteiger partial charge in [0, 0.05) is 34.9 Å². The molecule has 0 unspecified atom stereocenters. The molecular formula is C41H28NO2+. The maximum Gasteiger partial charge on any atom is 0.213 e. The first-order valence-corrected chi connectivity index (χ1v) is 15.0. The topological polar surface area (TPSA) is 30.2 Å². The monoisotopic (exact) mass is 566 g/mol. The Morgan fingerprint density at radius 1 is 0.545 bits per heavy atom. The van der Waals surface area contributed by atoms with Crippen LogP contribution < -0.4 is 4.57 Å². The molecule has 9 rings (SSSR count). The highest BCUT2D eigenvalue weighted by Crippen LogP contribution is 2.52. The van der Waals surface area contributed by atoms with E-state index in [1.807, 2.05) is 6.07 Å². The number of hydrogen-bond donors (Lipinski definition) is 0. The van der Waals surface area contributed by atoms with Gasteiger partial charge in [-0.3, -0.25) is 0 Å². The van der Waals surface area contributed by atoms with Crippen LogP contribution in [0, 0.1) is 6.92 Å². The van der Waals surface area contributed by atoms with E-state index in [9.17, 15) is 0 Å². The molecule has 0 atom stereocenters. The van der Waals surface area contributed by atoms with E-state index in [2.05, 4.69) is 146 Å². The average Bonchev–Trinajstić information content (AvgIpc) is 3.63. The molecule has 5 aromatic carbocycles. The average molecular weight is 567 g/mol. The fourth-order valence-electron chi connectivity index (χ4n) is 6.96. The molecule has 1 aliphatic carbocycles. The van der Waals surface area contributed by atoms with Crippen LogP contribution >= 0.6 is 0 Å². The van der Waals surface area contributed by atoms with Crippen LogP contribution in [0.1, 0.15) is 5.56 Å². The SMILES string of the molecule is Cc1c(-c2cc(-c3cc4oc5c(c4o3)-c3ccccc3-c3ccccc3-c3ccccc3-5)cc[n+]2C)ccc2ccccc12. The van der Waals surface area contributed by atoms with E-state index in [-0.39, 0.29) is 0 Å². The number of pyridine rings is 1. The number of aryl methyl sites for hydroxylation is 2. The maximum atomic E-state index is 6.78. The number of nitrogens with zero attached hydrogens (tertiary/aromatic N) is 1. The van der Waals surface area contributed by atoms with Crippen molar-refractivity contribution < 1.29 is 13.4 Å². The summed E-state index contributed by atoms with van der Waals surface area (Å²) in [7, 11) is 2.09. The van der Waals surface area contributed by atoms with Crippen LogP contribution in [0.15, 0.2) is 142 Å². The summed E-state index contributed by atoms with van der Waals surface area (Å²) in [4.78, 5) is 0. The minimum absolute atomic E-state index is 0.747. The number of benzene rings is 5. The number of furan rings is 2. The maximum absolute atomic E-state index is 6.78. The molecule has 0 N–H and O–H groups in total. The first-order valence-electron chi connectivity index (χ1n) is 15.0. The fourth-order valence-corrected chi connectivity index (χ4v) is 6.96. The van der Waals surface area contributed by atoms with Gasteiger partial charge in [0.25, 0.3) is 0 Å². The van der Waals surface area contributed by atoms with Crippen molar-refractivity contribution in [3.63, 3.8) is 0 Å². The van der Waals surface area contributed by atoms with Crippen molar-refractivity contribution >= 4 is 21.9 Å². The minimum Gasteiger partial charge on any atom is -0.452 e. The quantitative estimate of drug-likeness (QED) is 0.195. The molecule has 0 aliphatic heterocycles. The van der Waals surface area contributed by atoms with Crippen molar-refractivity contribution in [1.29, 1.82) is 0 Å². The standard InChI is InChI=1S/C41H28NO2/c1-25-28-12-4-3-11-26(28)19-20-29(25)36-23-27(21-22-42(36)2)37-24-38-41(43-37)39-34-17-9-7-15-32(34)30-13-5-6-14-31(30)33-16-8-10-18-35(33)40(39)44-38/h3-24H,1-2H3/q+1. The summed E-state index contributed by atoms with van der Waals surface area (Å²) in [5.41, 5.74) is 14.0. The molecule has 0 bridgehead atoms. The predicted molar refractivity (Wildman–Crippen MR) is 178 cm³/mol. The molecule has 0 spiro atoms. The van der Waals surface area contributed by atoms with Gasteiger partial charge in [0.15, 0.2) is 17.4 Å². The smallest absolute Gasteiger partial charge is 0.213 e. The van der Waals surface area contributed by atoms with Crippen LogP contribution in [0.4, 0.5) is 0 Å². The van der Waals surface area contributed by atoms with Crippen molar-refractivity contribution in [1.82, 2.24) is 0 Å². The first kappa shape index (κ1) is 24.9. The zero-order chi connectivity index (χ0) is 29.4. The Balaban J connectivity index is 1.26. The van der Waals surface area contributed by atoms with E-state index in [0.29, 0.717) is 0 Å². The minimum atomic E-state index is 0.747. The number of fused-ring (bicyclic) bond motifs is 11. The largest absolute Gasteiger partial charge is 0.452 e. The predicted octanol–water partition coefficient (Wildman–Crippen LogP) is 10.6. The number of rotatable bonds is 2. The molecule has 0 amide bonds. The summed E-state index contributed by atoms with van der Waals surface area (Å²) in [6.07, 6.45) is 2.11. The summed E-state index contributed by atoms with van der Waals surface area (Å²) in [6.45, 7) is 2.20. The van der Waals surface area contributed by atoms with E-state index in [0.717, 1.165) is 56.2 Å². The Morgan fingerprint density at radius 3 is 1.91 bits per heavy atom. The summed E-state index contributed by atoms with van der Waals surface area (Å²) in [5.74, 6) is 1.63. The van der Waals surface area contributed by atoms with E-state index >= 15 is 0 Å². The second-order valence-electron chi connectivity index (χ2n) is 11.6. The lowest BCUT2D eigenvalue weighted by molar-refractivity contribution is -0.660. The van der Waals surface area contributed by atoms with Crippen LogP contribution in [0.3, 0.4) is 0 Å².